The van der Waals surface area contributed by atoms with Crippen molar-refractivity contribution in [3.8, 4) is 0 Å². The van der Waals surface area contributed by atoms with E-state index in [1.807, 2.05) is 6.92 Å². The molecule has 0 aromatic heterocycles. The zero-order chi connectivity index (χ0) is 16.8. The summed E-state index contributed by atoms with van der Waals surface area (Å²) in [4.78, 5) is 13.4. The highest BCUT2D eigenvalue weighted by Gasteiger charge is 2.26. The van der Waals surface area contributed by atoms with E-state index < -0.39 is 10.0 Å². The third-order valence-electron chi connectivity index (χ3n) is 3.85. The number of carbonyl (C=O) groups excluding carboxylic acids is 1. The number of nitrogens with one attached hydrogen (secondary N) is 1. The monoisotopic (exact) mass is 394 g/mol. The minimum atomic E-state index is -3.69. The Bertz CT molecular complexity index is 910. The van der Waals surface area contributed by atoms with Gasteiger partial charge in [0.2, 0.25) is 5.91 Å². The average Bonchev–Trinajstić information content (AvgIpc) is 2.77. The number of hydrogen-bond donors (Lipinski definition) is 1. The predicted octanol–water partition coefficient (Wildman–Crippen LogP) is 3.08. The van der Waals surface area contributed by atoms with Gasteiger partial charge in [-0.2, -0.15) is 0 Å². The van der Waals surface area contributed by atoms with Crippen molar-refractivity contribution in [2.75, 3.05) is 16.7 Å². The number of amides is 1. The summed E-state index contributed by atoms with van der Waals surface area (Å²) in [7, 11) is -2.01. The van der Waals surface area contributed by atoms with Gasteiger partial charge < -0.3 is 4.90 Å². The van der Waals surface area contributed by atoms with Gasteiger partial charge in [0.05, 0.1) is 11.3 Å². The van der Waals surface area contributed by atoms with E-state index >= 15 is 0 Å². The van der Waals surface area contributed by atoms with Gasteiger partial charge >= 0.3 is 0 Å². The molecule has 23 heavy (non-hydrogen) atoms. The minimum absolute atomic E-state index is 0.0361. The number of sulfonamides is 1. The molecule has 0 spiro atoms. The molecule has 0 unspecified atom stereocenters. The van der Waals surface area contributed by atoms with Crippen molar-refractivity contribution in [1.29, 1.82) is 0 Å². The van der Waals surface area contributed by atoms with E-state index in [-0.39, 0.29) is 17.2 Å². The molecular weight excluding hydrogens is 380 g/mol. The van der Waals surface area contributed by atoms with Crippen molar-refractivity contribution in [1.82, 2.24) is 0 Å². The molecule has 5 nitrogen and oxygen atoms in total. The molecule has 0 atom stereocenters. The first-order chi connectivity index (χ1) is 10.8. The molecule has 0 saturated carbocycles. The van der Waals surface area contributed by atoms with Crippen molar-refractivity contribution in [3.63, 3.8) is 0 Å². The maximum Gasteiger partial charge on any atom is 0.261 e. The molecule has 1 aliphatic heterocycles. The van der Waals surface area contributed by atoms with Crippen LogP contribution in [0.15, 0.2) is 45.8 Å². The summed E-state index contributed by atoms with van der Waals surface area (Å²) in [5, 5.41) is 0. The van der Waals surface area contributed by atoms with Gasteiger partial charge in [-0.3, -0.25) is 9.52 Å². The van der Waals surface area contributed by atoms with E-state index in [1.165, 1.54) is 11.0 Å². The van der Waals surface area contributed by atoms with E-state index in [0.29, 0.717) is 5.69 Å². The second-order valence-corrected chi connectivity index (χ2v) is 8.03. The van der Waals surface area contributed by atoms with Crippen LogP contribution in [0.5, 0.6) is 0 Å². The molecule has 0 fully saturated rings. The van der Waals surface area contributed by atoms with E-state index in [1.54, 1.807) is 37.4 Å². The van der Waals surface area contributed by atoms with Crippen molar-refractivity contribution >= 4 is 43.2 Å². The Balaban J connectivity index is 1.93. The summed E-state index contributed by atoms with van der Waals surface area (Å²) >= 11 is 3.39. The predicted molar refractivity (Wildman–Crippen MR) is 93.2 cm³/mol. The summed E-state index contributed by atoms with van der Waals surface area (Å²) in [6, 6.07) is 9.99. The lowest BCUT2D eigenvalue weighted by Gasteiger charge is -2.12. The van der Waals surface area contributed by atoms with Crippen LogP contribution in [0.25, 0.3) is 0 Å². The number of rotatable bonds is 3. The number of anilines is 2. The smallest absolute Gasteiger partial charge is 0.261 e. The third-order valence-corrected chi connectivity index (χ3v) is 6.12. The van der Waals surface area contributed by atoms with E-state index in [4.69, 9.17) is 0 Å². The van der Waals surface area contributed by atoms with Crippen LogP contribution >= 0.6 is 15.9 Å². The fraction of sp³-hybridized carbons (Fsp3) is 0.188. The lowest BCUT2D eigenvalue weighted by Crippen LogP contribution is -2.20. The normalized spacial score (nSPS) is 14.0. The highest BCUT2D eigenvalue weighted by molar-refractivity contribution is 9.10. The second kappa shape index (κ2) is 5.65. The molecular formula is C16H15BrN2O3S. The Morgan fingerprint density at radius 1 is 1.17 bits per heavy atom. The Labute approximate surface area is 143 Å². The molecule has 1 amide bonds. The summed E-state index contributed by atoms with van der Waals surface area (Å²) < 4.78 is 28.6. The van der Waals surface area contributed by atoms with Crippen molar-refractivity contribution in [3.05, 3.63) is 52.0 Å². The minimum Gasteiger partial charge on any atom is -0.315 e. The molecule has 7 heteroatoms. The van der Waals surface area contributed by atoms with E-state index in [2.05, 4.69) is 20.7 Å². The molecule has 3 rings (SSSR count). The quantitative estimate of drug-likeness (QED) is 0.869. The zero-order valence-electron chi connectivity index (χ0n) is 12.6. The maximum absolute atomic E-state index is 12.5. The Morgan fingerprint density at radius 2 is 1.91 bits per heavy atom. The number of aryl methyl sites for hydroxylation is 1. The van der Waals surface area contributed by atoms with Gasteiger partial charge in [0.25, 0.3) is 10.0 Å². The molecule has 1 heterocycles. The van der Waals surface area contributed by atoms with Gasteiger partial charge in [-0.15, -0.1) is 0 Å². The fourth-order valence-corrected chi connectivity index (χ4v) is 3.88. The van der Waals surface area contributed by atoms with Crippen LogP contribution in [0, 0.1) is 6.92 Å². The van der Waals surface area contributed by atoms with Crippen molar-refractivity contribution in [2.45, 2.75) is 18.2 Å². The largest absolute Gasteiger partial charge is 0.315 e. The highest BCUT2D eigenvalue weighted by atomic mass is 79.9. The molecule has 1 aliphatic rings. The van der Waals surface area contributed by atoms with Crippen LogP contribution in [0.4, 0.5) is 11.4 Å². The van der Waals surface area contributed by atoms with Gasteiger partial charge in [0, 0.05) is 22.9 Å². The Morgan fingerprint density at radius 3 is 2.61 bits per heavy atom. The molecule has 1 N–H and O–H groups in total. The van der Waals surface area contributed by atoms with Crippen LogP contribution in [0.2, 0.25) is 0 Å². The van der Waals surface area contributed by atoms with E-state index in [0.717, 1.165) is 21.3 Å². The van der Waals surface area contributed by atoms with Gasteiger partial charge in [-0.25, -0.2) is 8.42 Å². The van der Waals surface area contributed by atoms with Gasteiger partial charge in [-0.1, -0.05) is 15.9 Å². The number of fused-ring (bicyclic) bond motifs is 1. The molecule has 2 aromatic carbocycles. The van der Waals surface area contributed by atoms with Crippen molar-refractivity contribution in [2.24, 2.45) is 0 Å². The number of carbonyl (C=O) groups is 1. The summed E-state index contributed by atoms with van der Waals surface area (Å²) in [6.07, 6.45) is 0.229. The molecule has 120 valence electrons. The summed E-state index contributed by atoms with van der Waals surface area (Å²) in [5.41, 5.74) is 2.92. The topological polar surface area (TPSA) is 66.5 Å². The van der Waals surface area contributed by atoms with Crippen molar-refractivity contribution < 1.29 is 13.2 Å². The van der Waals surface area contributed by atoms with Crippen LogP contribution < -0.4 is 9.62 Å². The molecule has 0 radical (unpaired) electrons. The number of benzene rings is 2. The van der Waals surface area contributed by atoms with Gasteiger partial charge in [0.15, 0.2) is 0 Å². The second-order valence-electron chi connectivity index (χ2n) is 5.49. The highest BCUT2D eigenvalue weighted by Crippen LogP contribution is 2.30. The number of halogens is 1. The molecule has 0 saturated heterocycles. The molecule has 2 aromatic rings. The maximum atomic E-state index is 12.5. The standard InChI is InChI=1S/C16H15BrN2O3S/c1-10-7-12(3-5-14(10)17)18-23(21,22)13-4-6-15-11(8-13)9-16(20)19(15)2/h3-8,18H,9H2,1-2H3. The fourth-order valence-electron chi connectivity index (χ4n) is 2.54. The van der Waals surface area contributed by atoms with Gasteiger partial charge in [0.1, 0.15) is 0 Å². The van der Waals surface area contributed by atoms with Crippen LogP contribution in [-0.4, -0.2) is 21.4 Å². The average molecular weight is 395 g/mol. The number of likely N-dealkylation sites (N-methyl/N-ethyl adjacent to an activating group) is 1. The van der Waals surface area contributed by atoms with Crippen LogP contribution in [0.1, 0.15) is 11.1 Å². The first kappa shape index (κ1) is 16.0. The number of nitrogens with zero attached hydrogens (tertiary/aromatic N) is 1. The molecule has 0 aliphatic carbocycles. The SMILES string of the molecule is Cc1cc(NS(=O)(=O)c2ccc3c(c2)CC(=O)N3C)ccc1Br. The van der Waals surface area contributed by atoms with E-state index in [9.17, 15) is 13.2 Å². The van der Waals surface area contributed by atoms with Crippen LogP contribution in [0.3, 0.4) is 0 Å². The molecule has 0 bridgehead atoms. The lowest BCUT2D eigenvalue weighted by molar-refractivity contribution is -0.117. The Kier molecular flexibility index (Phi) is 3.93. The Hall–Kier alpha value is -1.86. The van der Waals surface area contributed by atoms with Gasteiger partial charge in [-0.05, 0) is 54.4 Å². The third kappa shape index (κ3) is 2.98. The first-order valence-corrected chi connectivity index (χ1v) is 9.24. The van der Waals surface area contributed by atoms with Crippen LogP contribution in [-0.2, 0) is 21.2 Å². The summed E-state index contributed by atoms with van der Waals surface area (Å²) in [6.45, 7) is 1.89. The summed E-state index contributed by atoms with van der Waals surface area (Å²) in [5.74, 6) is -0.0361. The zero-order valence-corrected chi connectivity index (χ0v) is 15.0. The number of hydrogen-bond acceptors (Lipinski definition) is 3. The lowest BCUT2D eigenvalue weighted by atomic mass is 10.2. The first-order valence-electron chi connectivity index (χ1n) is 6.96.